The summed E-state index contributed by atoms with van der Waals surface area (Å²) in [5.41, 5.74) is 7.54. The van der Waals surface area contributed by atoms with Gasteiger partial charge in [-0.25, -0.2) is 4.79 Å². The van der Waals surface area contributed by atoms with E-state index < -0.39 is 5.97 Å². The SMILES string of the molecule is CNc1ccc(C2=CN(C=O)C(/C=N\c3cc(OCCCOc4cc5c(cc4OC)C(=O)N4C=C(c6ccc(C(=O)O)cc6)CC4C=N5)c(OC)cc3C)C2)cc1. The minimum Gasteiger partial charge on any atom is -0.493 e. The molecule has 0 radical (unpaired) electrons. The molecule has 57 heavy (non-hydrogen) atoms. The molecule has 4 aromatic carbocycles. The van der Waals surface area contributed by atoms with Crippen molar-refractivity contribution in [3.8, 4) is 23.0 Å². The molecule has 0 aromatic heterocycles. The molecule has 0 spiro atoms. The highest BCUT2D eigenvalue weighted by molar-refractivity contribution is 6.05. The van der Waals surface area contributed by atoms with Crippen molar-refractivity contribution in [2.24, 2.45) is 9.98 Å². The molecule has 2 unspecified atom stereocenters. The molecule has 0 saturated carbocycles. The lowest BCUT2D eigenvalue weighted by Gasteiger charge is -2.19. The van der Waals surface area contributed by atoms with E-state index in [4.69, 9.17) is 23.9 Å². The van der Waals surface area contributed by atoms with Gasteiger partial charge >= 0.3 is 5.97 Å². The first-order chi connectivity index (χ1) is 27.7. The summed E-state index contributed by atoms with van der Waals surface area (Å²) < 4.78 is 23.5. The van der Waals surface area contributed by atoms with Crippen LogP contribution in [0.1, 0.15) is 56.7 Å². The molecule has 3 aliphatic heterocycles. The highest BCUT2D eigenvalue weighted by atomic mass is 16.5. The molecule has 4 aromatic rings. The van der Waals surface area contributed by atoms with E-state index in [0.29, 0.717) is 72.4 Å². The van der Waals surface area contributed by atoms with Gasteiger partial charge in [0.1, 0.15) is 0 Å². The third kappa shape index (κ3) is 8.23. The predicted molar refractivity (Wildman–Crippen MR) is 219 cm³/mol. The lowest BCUT2D eigenvalue weighted by atomic mass is 10.0. The maximum atomic E-state index is 13.7. The molecule has 292 valence electrons. The predicted octanol–water partition coefficient (Wildman–Crippen LogP) is 7.55. The third-order valence-corrected chi connectivity index (χ3v) is 10.2. The number of nitrogens with one attached hydrogen (secondary N) is 1. The summed E-state index contributed by atoms with van der Waals surface area (Å²) in [5.74, 6) is 0.741. The first kappa shape index (κ1) is 38.4. The smallest absolute Gasteiger partial charge is 0.335 e. The molecule has 3 heterocycles. The fourth-order valence-corrected chi connectivity index (χ4v) is 6.99. The van der Waals surface area contributed by atoms with Gasteiger partial charge in [0.2, 0.25) is 6.41 Å². The van der Waals surface area contributed by atoms with Gasteiger partial charge in [-0.05, 0) is 71.2 Å². The Morgan fingerprint density at radius 2 is 1.54 bits per heavy atom. The summed E-state index contributed by atoms with van der Waals surface area (Å²) >= 11 is 0. The van der Waals surface area contributed by atoms with E-state index in [0.717, 1.165) is 39.9 Å². The number of ether oxygens (including phenoxy) is 4. The number of aromatic carboxylic acids is 1. The number of fused-ring (bicyclic) bond motifs is 2. The van der Waals surface area contributed by atoms with Crippen molar-refractivity contribution in [1.29, 1.82) is 0 Å². The van der Waals surface area contributed by atoms with Gasteiger partial charge in [-0.2, -0.15) is 0 Å². The van der Waals surface area contributed by atoms with Gasteiger partial charge in [0.25, 0.3) is 5.91 Å². The zero-order chi connectivity index (χ0) is 40.1. The molecule has 0 saturated heterocycles. The van der Waals surface area contributed by atoms with Gasteiger partial charge < -0.3 is 39.2 Å². The molecule has 0 aliphatic carbocycles. The number of anilines is 1. The molecule has 2 amide bonds. The molecule has 13 heteroatoms. The summed E-state index contributed by atoms with van der Waals surface area (Å²) in [6.45, 7) is 2.56. The number of carboxylic acids is 1. The van der Waals surface area contributed by atoms with Crippen LogP contribution in [0.3, 0.4) is 0 Å². The number of amides is 2. The van der Waals surface area contributed by atoms with Crippen LogP contribution in [-0.4, -0.2) is 92.2 Å². The Morgan fingerprint density at radius 3 is 2.19 bits per heavy atom. The van der Waals surface area contributed by atoms with E-state index in [1.807, 2.05) is 56.6 Å². The summed E-state index contributed by atoms with van der Waals surface area (Å²) in [6, 6.07) is 21.2. The van der Waals surface area contributed by atoms with E-state index >= 15 is 0 Å². The normalized spacial score (nSPS) is 17.1. The van der Waals surface area contributed by atoms with Crippen LogP contribution in [0.5, 0.6) is 23.0 Å². The van der Waals surface area contributed by atoms with Crippen LogP contribution in [0.4, 0.5) is 17.1 Å². The lowest BCUT2D eigenvalue weighted by molar-refractivity contribution is -0.116. The first-order valence-corrected chi connectivity index (χ1v) is 18.5. The van der Waals surface area contributed by atoms with Crippen molar-refractivity contribution >= 4 is 58.9 Å². The number of nitrogens with zero attached hydrogens (tertiary/aromatic N) is 4. The number of carbonyl (C=O) groups excluding carboxylic acids is 2. The van der Waals surface area contributed by atoms with Gasteiger partial charge in [-0.1, -0.05) is 24.3 Å². The number of aryl methyl sites for hydroxylation is 1. The van der Waals surface area contributed by atoms with Crippen LogP contribution in [0.2, 0.25) is 0 Å². The van der Waals surface area contributed by atoms with Crippen molar-refractivity contribution in [3.63, 3.8) is 0 Å². The van der Waals surface area contributed by atoms with E-state index in [2.05, 4.69) is 10.3 Å². The standard InChI is InChI=1S/C44H43N5O8/c1-27-16-39(54-3)41(20-37(27)46-22-34-17-31(24-48(34)26-50)29-10-12-33(45-2)13-11-29)56-14-5-15-57-42-21-38-36(19-40(42)55-4)43(51)49-25-32(18-35(49)23-47-38)28-6-8-30(9-7-28)44(52)53/h6-13,16,19-26,34-35,45H,5,14-15,17-18H2,1-4H3,(H,52,53)/b46-22-. The minimum absolute atomic E-state index is 0.201. The van der Waals surface area contributed by atoms with E-state index in [9.17, 15) is 19.5 Å². The second-order valence-corrected chi connectivity index (χ2v) is 13.7. The number of aliphatic imine (C=N–C) groups is 2. The molecule has 3 aliphatic rings. The fraction of sp³-hybridized carbons (Fsp3) is 0.250. The largest absolute Gasteiger partial charge is 0.493 e. The van der Waals surface area contributed by atoms with Crippen LogP contribution in [0.25, 0.3) is 11.1 Å². The van der Waals surface area contributed by atoms with Crippen molar-refractivity contribution in [2.45, 2.75) is 38.3 Å². The molecule has 7 rings (SSSR count). The van der Waals surface area contributed by atoms with E-state index in [-0.39, 0.29) is 23.6 Å². The van der Waals surface area contributed by atoms with Crippen molar-refractivity contribution in [2.75, 3.05) is 39.8 Å². The monoisotopic (exact) mass is 769 g/mol. The Bertz CT molecular complexity index is 2300. The molecule has 0 fully saturated rings. The topological polar surface area (TPSA) is 152 Å². The molecule has 0 bridgehead atoms. The average Bonchev–Trinajstić information content (AvgIpc) is 3.84. The van der Waals surface area contributed by atoms with Crippen LogP contribution in [-0.2, 0) is 4.79 Å². The molecule has 2 atom stereocenters. The highest BCUT2D eigenvalue weighted by Crippen LogP contribution is 2.40. The van der Waals surface area contributed by atoms with Gasteiger partial charge in [0.15, 0.2) is 23.0 Å². The van der Waals surface area contributed by atoms with Crippen molar-refractivity contribution in [1.82, 2.24) is 9.80 Å². The number of carbonyl (C=O) groups is 3. The van der Waals surface area contributed by atoms with Crippen LogP contribution in [0, 0.1) is 6.92 Å². The van der Waals surface area contributed by atoms with E-state index in [1.165, 1.54) is 7.11 Å². The van der Waals surface area contributed by atoms with Crippen LogP contribution in [0.15, 0.2) is 95.2 Å². The number of rotatable bonds is 15. The van der Waals surface area contributed by atoms with Crippen LogP contribution < -0.4 is 24.3 Å². The second-order valence-electron chi connectivity index (χ2n) is 13.7. The van der Waals surface area contributed by atoms with Crippen molar-refractivity contribution < 1.29 is 38.4 Å². The molecule has 2 N–H and O–H groups in total. The first-order valence-electron chi connectivity index (χ1n) is 18.5. The van der Waals surface area contributed by atoms with Gasteiger partial charge in [-0.15, -0.1) is 0 Å². The zero-order valence-corrected chi connectivity index (χ0v) is 32.1. The lowest BCUT2D eigenvalue weighted by Crippen LogP contribution is -2.32. The number of hydrogen-bond donors (Lipinski definition) is 2. The highest BCUT2D eigenvalue weighted by Gasteiger charge is 2.33. The Hall–Kier alpha value is -6.89. The zero-order valence-electron chi connectivity index (χ0n) is 32.1. The summed E-state index contributed by atoms with van der Waals surface area (Å²) in [5, 5.41) is 12.4. The number of hydrogen-bond acceptors (Lipinski definition) is 10. The summed E-state index contributed by atoms with van der Waals surface area (Å²) in [6.07, 6.45) is 9.74. The Balaban J connectivity index is 0.968. The van der Waals surface area contributed by atoms with Crippen molar-refractivity contribution in [3.05, 3.63) is 113 Å². The molecule has 13 nitrogen and oxygen atoms in total. The quantitative estimate of drug-likeness (QED) is 0.0710. The average molecular weight is 770 g/mol. The Labute approximate surface area is 330 Å². The van der Waals surface area contributed by atoms with Gasteiger partial charge in [-0.3, -0.25) is 19.6 Å². The second kappa shape index (κ2) is 16.9. The van der Waals surface area contributed by atoms with E-state index in [1.54, 1.807) is 71.9 Å². The van der Waals surface area contributed by atoms with Crippen LogP contribution >= 0.6 is 0 Å². The number of methoxy groups -OCH3 is 2. The number of benzene rings is 4. The fourth-order valence-electron chi connectivity index (χ4n) is 6.99. The van der Waals surface area contributed by atoms with Gasteiger partial charge in [0.05, 0.1) is 62.0 Å². The minimum atomic E-state index is -0.992. The Kier molecular flexibility index (Phi) is 11.4. The third-order valence-electron chi connectivity index (χ3n) is 10.2. The molecular weight excluding hydrogens is 727 g/mol. The maximum absolute atomic E-state index is 13.7. The van der Waals surface area contributed by atoms with Gasteiger partial charge in [0, 0.05) is 69.0 Å². The Morgan fingerprint density at radius 1 is 0.895 bits per heavy atom. The molecular formula is C44H43N5O8. The maximum Gasteiger partial charge on any atom is 0.335 e. The number of carboxylic acid groups (broad SMARTS) is 1. The summed E-state index contributed by atoms with van der Waals surface area (Å²) in [7, 11) is 4.98. The summed E-state index contributed by atoms with van der Waals surface area (Å²) in [4.78, 5) is 49.7.